The van der Waals surface area contributed by atoms with Crippen LogP contribution in [0, 0.1) is 21.7 Å². The van der Waals surface area contributed by atoms with Crippen molar-refractivity contribution in [1.29, 1.82) is 0 Å². The molecule has 8 unspecified atom stereocenters. The molecule has 5 rings (SSSR count). The maximum atomic E-state index is 15.0. The second kappa shape index (κ2) is 23.2. The Hall–Kier alpha value is -5.76. The summed E-state index contributed by atoms with van der Waals surface area (Å²) in [5, 5.41) is 84.8. The molecule has 2 aromatic carbocycles. The molecule has 0 aromatic heterocycles. The number of rotatable bonds is 25. The number of phenols is 2. The number of ketones is 5. The van der Waals surface area contributed by atoms with Crippen LogP contribution in [0.3, 0.4) is 0 Å². The lowest BCUT2D eigenvalue weighted by atomic mass is 9.58. The van der Waals surface area contributed by atoms with Gasteiger partial charge in [0.05, 0.1) is 73.6 Å². The van der Waals surface area contributed by atoms with Gasteiger partial charge in [0.1, 0.15) is 35.1 Å². The quantitative estimate of drug-likeness (QED) is 0.0186. The van der Waals surface area contributed by atoms with Crippen LogP contribution in [-0.2, 0) is 39.9 Å². The molecule has 0 spiro atoms. The van der Waals surface area contributed by atoms with Gasteiger partial charge in [-0.1, -0.05) is 53.7 Å². The predicted octanol–water partition coefficient (Wildman–Crippen LogP) is 1.15. The Kier molecular flexibility index (Phi) is 18.6. The number of aliphatic carboxylic acids is 1. The minimum Gasteiger partial charge on any atom is -0.507 e. The Bertz CT molecular complexity index is 2590. The number of hydrogen-bond acceptors (Lipinski definition) is 21. The lowest BCUT2D eigenvalue weighted by molar-refractivity contribution is -0.245. The summed E-state index contributed by atoms with van der Waals surface area (Å²) in [6.45, 7) is 10.2. The van der Waals surface area contributed by atoms with E-state index in [-0.39, 0.29) is 66.7 Å². The predicted molar refractivity (Wildman–Crippen MR) is 269 cm³/mol. The molecule has 75 heavy (non-hydrogen) atoms. The highest BCUT2D eigenvalue weighted by Crippen LogP contribution is 2.53. The largest absolute Gasteiger partial charge is 0.507 e. The van der Waals surface area contributed by atoms with Gasteiger partial charge in [0, 0.05) is 70.2 Å². The van der Waals surface area contributed by atoms with Crippen molar-refractivity contribution < 1.29 is 83.5 Å². The summed E-state index contributed by atoms with van der Waals surface area (Å²) < 4.78 is 17.7. The van der Waals surface area contributed by atoms with Crippen LogP contribution >= 0.6 is 0 Å². The van der Waals surface area contributed by atoms with E-state index in [2.05, 4.69) is 21.3 Å². The van der Waals surface area contributed by atoms with E-state index in [0.29, 0.717) is 0 Å². The number of hydrazine groups is 1. The molecule has 1 aliphatic heterocycles. The molecule has 10 atom stereocenters. The molecule has 1 saturated heterocycles. The Labute approximate surface area is 434 Å². The fourth-order valence-electron chi connectivity index (χ4n) is 11.1. The SMILES string of the molecule is CCC(C)(CC(C)(CC(C)(CC(C)(C)C(=O)CC(=O)O)C(=O)CNN)C(=O)CNN=C(CO)[C@]1(O)Cc2c(O)c3c(c(O)c2[C@@H](OC2CC(N)C(O)C(C)O2)C1)C(=O)c1c(OC)cccc1C3=O)C(=O)NCC(C)O. The van der Waals surface area contributed by atoms with Crippen molar-refractivity contribution in [1.82, 2.24) is 16.2 Å². The number of amides is 1. The number of aromatic hydroxyl groups is 2. The van der Waals surface area contributed by atoms with Gasteiger partial charge in [-0.25, -0.2) is 0 Å². The smallest absolute Gasteiger partial charge is 0.310 e. The minimum absolute atomic E-state index is 0.0277. The summed E-state index contributed by atoms with van der Waals surface area (Å²) >= 11 is 0. The molecule has 0 bridgehead atoms. The number of carboxylic acids is 1. The van der Waals surface area contributed by atoms with E-state index in [0.717, 1.165) is 0 Å². The number of benzene rings is 2. The van der Waals surface area contributed by atoms with Crippen molar-refractivity contribution in [3.63, 3.8) is 0 Å². The molecule has 2 aliphatic carbocycles. The summed E-state index contributed by atoms with van der Waals surface area (Å²) in [6.07, 6.45) is -8.32. The third-order valence-electron chi connectivity index (χ3n) is 15.2. The number of fused-ring (bicyclic) bond motifs is 3. The number of hydrazone groups is 1. The molecule has 23 nitrogen and oxygen atoms in total. The van der Waals surface area contributed by atoms with Gasteiger partial charge in [0.15, 0.2) is 23.6 Å². The molecule has 2 aromatic rings. The van der Waals surface area contributed by atoms with Crippen molar-refractivity contribution in [3.8, 4) is 17.2 Å². The maximum absolute atomic E-state index is 15.0. The number of methoxy groups -OCH3 is 1. The normalized spacial score (nSPS) is 24.5. The Morgan fingerprint density at radius 2 is 1.55 bits per heavy atom. The maximum Gasteiger partial charge on any atom is 0.310 e. The molecule has 1 amide bonds. The van der Waals surface area contributed by atoms with E-state index in [1.165, 1.54) is 59.9 Å². The molecule has 1 heterocycles. The van der Waals surface area contributed by atoms with Gasteiger partial charge in [0.2, 0.25) is 11.7 Å². The molecule has 0 radical (unpaired) electrons. The van der Waals surface area contributed by atoms with Crippen molar-refractivity contribution >= 4 is 46.5 Å². The number of carbonyl (C=O) groups is 7. The number of ether oxygens (including phenoxy) is 3. The first-order valence-corrected chi connectivity index (χ1v) is 24.8. The first-order chi connectivity index (χ1) is 34.9. The number of carboxylic acid groups (broad SMARTS) is 1. The third kappa shape index (κ3) is 12.4. The highest BCUT2D eigenvalue weighted by molar-refractivity contribution is 6.31. The topological polar surface area (TPSA) is 389 Å². The van der Waals surface area contributed by atoms with E-state index in [9.17, 15) is 69.3 Å². The zero-order valence-electron chi connectivity index (χ0n) is 44.0. The average Bonchev–Trinajstić information content (AvgIpc) is 3.32. The van der Waals surface area contributed by atoms with E-state index < -0.39 is 172 Å². The molecule has 14 N–H and O–H groups in total. The van der Waals surface area contributed by atoms with Crippen LogP contribution in [0.4, 0.5) is 0 Å². The van der Waals surface area contributed by atoms with Gasteiger partial charge in [-0.15, -0.1) is 0 Å². The van der Waals surface area contributed by atoms with Gasteiger partial charge in [0.25, 0.3) is 0 Å². The van der Waals surface area contributed by atoms with Crippen molar-refractivity contribution in [2.45, 2.75) is 149 Å². The first kappa shape index (κ1) is 60.1. The van der Waals surface area contributed by atoms with E-state index in [1.54, 1.807) is 20.8 Å². The summed E-state index contributed by atoms with van der Waals surface area (Å²) in [7, 11) is 1.29. The second-order valence-electron chi connectivity index (χ2n) is 21.9. The van der Waals surface area contributed by atoms with Gasteiger partial charge >= 0.3 is 5.97 Å². The Morgan fingerprint density at radius 3 is 2.12 bits per heavy atom. The molecule has 414 valence electrons. The standard InChI is InChI=1S/C52H74N6O17/c1-10-49(6,47(71)55-18-25(2)60)23-51(8,24-50(7,34(62)19-56-54)22-48(4,5)33(61)15-36(64)65)35(63)20-57-58-32(21-59)52(72)16-28-39(31(17-52)75-37-14-29(53)42(66)26(3)74-37)46(70)41-40(44(28)68)43(67)27-12-11-13-30(73-9)38(27)45(41)69/h11-13,25-26,29,31,37,42,56-57,59-60,66,68,70,72H,10,14-24,53-54H2,1-9H3,(H,55,71)(H,64,65)/t25?,26?,29?,31-,37?,42?,49?,50?,51?,52-/m0/s1. The van der Waals surface area contributed by atoms with Crippen molar-refractivity contribution in [3.05, 3.63) is 51.6 Å². The van der Waals surface area contributed by atoms with E-state index in [4.69, 9.17) is 25.8 Å². The van der Waals surface area contributed by atoms with Crippen molar-refractivity contribution in [2.75, 3.05) is 33.4 Å². The van der Waals surface area contributed by atoms with Crippen LogP contribution in [0.1, 0.15) is 149 Å². The van der Waals surface area contributed by atoms with E-state index in [1.807, 2.05) is 0 Å². The number of aliphatic hydroxyl groups is 4. The number of nitrogens with zero attached hydrogens (tertiary/aromatic N) is 1. The summed E-state index contributed by atoms with van der Waals surface area (Å²) in [5.41, 5.74) is 0.570. The van der Waals surface area contributed by atoms with E-state index >= 15 is 0 Å². The monoisotopic (exact) mass is 1050 g/mol. The van der Waals surface area contributed by atoms with Crippen molar-refractivity contribution in [2.24, 2.45) is 38.3 Å². The Balaban J connectivity index is 1.59. The van der Waals surface area contributed by atoms with Crippen LogP contribution in [0.5, 0.6) is 17.2 Å². The third-order valence-corrected chi connectivity index (χ3v) is 15.2. The lowest BCUT2D eigenvalue weighted by Crippen LogP contribution is -2.53. The van der Waals surface area contributed by atoms with Gasteiger partial charge in [-0.3, -0.25) is 44.8 Å². The Morgan fingerprint density at radius 1 is 0.933 bits per heavy atom. The number of aliphatic hydroxyl groups excluding tert-OH is 3. The fraction of sp³-hybridized carbons (Fsp3) is 0.615. The van der Waals surface area contributed by atoms with Crippen LogP contribution in [0.25, 0.3) is 0 Å². The van der Waals surface area contributed by atoms with Crippen LogP contribution in [0.2, 0.25) is 0 Å². The first-order valence-electron chi connectivity index (χ1n) is 24.8. The lowest BCUT2D eigenvalue weighted by Gasteiger charge is -2.44. The van der Waals surface area contributed by atoms with Crippen LogP contribution in [-0.4, -0.2) is 152 Å². The summed E-state index contributed by atoms with van der Waals surface area (Å²) in [5.74, 6) is -1.34. The second-order valence-corrected chi connectivity index (χ2v) is 21.9. The highest BCUT2D eigenvalue weighted by Gasteiger charge is 2.53. The number of carbonyl (C=O) groups excluding carboxylic acids is 6. The van der Waals surface area contributed by atoms with Gasteiger partial charge in [-0.2, -0.15) is 5.10 Å². The van der Waals surface area contributed by atoms with Crippen LogP contribution < -0.4 is 32.5 Å². The molecule has 0 saturated carbocycles. The van der Waals surface area contributed by atoms with Gasteiger partial charge < -0.3 is 66.4 Å². The number of nitrogens with two attached hydrogens (primary N) is 2. The molecular weight excluding hydrogens is 981 g/mol. The number of phenolic OH excluding ortho intramolecular Hbond substituents is 2. The molecule has 1 fully saturated rings. The number of nitrogens with one attached hydrogen (secondary N) is 3. The van der Waals surface area contributed by atoms with Crippen LogP contribution in [0.15, 0.2) is 23.3 Å². The summed E-state index contributed by atoms with van der Waals surface area (Å²) in [6, 6.07) is 3.41. The summed E-state index contributed by atoms with van der Waals surface area (Å²) in [4.78, 5) is 96.3. The highest BCUT2D eigenvalue weighted by atomic mass is 16.7. The zero-order valence-corrected chi connectivity index (χ0v) is 44.0. The number of Topliss-reactive ketones (excluding diaryl/α,β-unsaturated/α-hetero) is 3. The molecular formula is C52H74N6O17. The molecule has 3 aliphatic rings. The van der Waals surface area contributed by atoms with Gasteiger partial charge in [-0.05, 0) is 45.6 Å². The minimum atomic E-state index is -2.33. The number of hydrogen-bond donors (Lipinski definition) is 12. The molecule has 23 heteroatoms. The fourth-order valence-corrected chi connectivity index (χ4v) is 11.1. The zero-order chi connectivity index (χ0) is 56.3. The average molecular weight is 1060 g/mol.